The molecule has 0 bridgehead atoms. The molecule has 0 aliphatic carbocycles. The van der Waals surface area contributed by atoms with Gasteiger partial charge in [0.25, 0.3) is 5.91 Å². The third kappa shape index (κ3) is 2.99. The Bertz CT molecular complexity index is 1290. The molecular weight excluding hydrogens is 423 g/mol. The lowest BCUT2D eigenvalue weighted by Gasteiger charge is -2.42. The fourth-order valence-corrected chi connectivity index (χ4v) is 4.94. The zero-order chi connectivity index (χ0) is 22.6. The first-order chi connectivity index (χ1) is 15.4. The molecule has 1 N–H and O–H groups in total. The van der Waals surface area contributed by atoms with Crippen molar-refractivity contribution in [3.8, 4) is 5.75 Å². The van der Waals surface area contributed by atoms with Crippen LogP contribution in [0, 0.1) is 17.5 Å². The standard InChI is InChI=1S/C23H18F3N3O3/c24-14-5-2-1-4-13(14)19(12-7-8-15(25)16(26)10-12)20-17-6-3-9-28(17)23(32)21-22(31)18(30)11-27-29(20)21/h1-2,4-5,7-8,10-11,17,19-20,31H,3,6,9H2/t17-,19?,20-/m1/s1. The summed E-state index contributed by atoms with van der Waals surface area (Å²) in [5.41, 5.74) is -0.609. The number of nitrogens with zero attached hydrogens (tertiary/aromatic N) is 3. The third-order valence-electron chi connectivity index (χ3n) is 6.31. The molecular formula is C23H18F3N3O3. The van der Waals surface area contributed by atoms with E-state index in [0.717, 1.165) is 18.3 Å². The lowest BCUT2D eigenvalue weighted by atomic mass is 9.79. The summed E-state index contributed by atoms with van der Waals surface area (Å²) in [7, 11) is 0. The predicted molar refractivity (Wildman–Crippen MR) is 108 cm³/mol. The molecule has 0 saturated carbocycles. The fraction of sp³-hybridized carbons (Fsp3) is 0.261. The molecule has 1 unspecified atom stereocenters. The smallest absolute Gasteiger partial charge is 0.276 e. The number of hydrogen-bond acceptors (Lipinski definition) is 4. The van der Waals surface area contributed by atoms with Crippen molar-refractivity contribution in [3.05, 3.63) is 93.2 Å². The Morgan fingerprint density at radius 1 is 1.03 bits per heavy atom. The van der Waals surface area contributed by atoms with E-state index in [1.807, 2.05) is 0 Å². The highest BCUT2D eigenvalue weighted by Crippen LogP contribution is 2.46. The first-order valence-corrected chi connectivity index (χ1v) is 10.2. The zero-order valence-electron chi connectivity index (χ0n) is 16.7. The number of fused-ring (bicyclic) bond motifs is 2. The topological polar surface area (TPSA) is 75.4 Å². The van der Waals surface area contributed by atoms with Crippen LogP contribution in [0.2, 0.25) is 0 Å². The minimum Gasteiger partial charge on any atom is -0.502 e. The SMILES string of the molecule is O=C1c2c(O)c(=O)cnn2[C@@H](C(c2ccc(F)c(F)c2)c2ccccc2F)[C@H]2CCCN12. The summed E-state index contributed by atoms with van der Waals surface area (Å²) in [6, 6.07) is 8.08. The largest absolute Gasteiger partial charge is 0.502 e. The Morgan fingerprint density at radius 3 is 2.56 bits per heavy atom. The molecule has 3 atom stereocenters. The minimum atomic E-state index is -1.09. The molecule has 0 radical (unpaired) electrons. The van der Waals surface area contributed by atoms with Crippen molar-refractivity contribution in [2.75, 3.05) is 6.54 Å². The van der Waals surface area contributed by atoms with Crippen molar-refractivity contribution in [1.82, 2.24) is 14.7 Å². The second-order valence-electron chi connectivity index (χ2n) is 8.02. The second kappa shape index (κ2) is 7.51. The van der Waals surface area contributed by atoms with Crippen molar-refractivity contribution in [1.29, 1.82) is 0 Å². The highest BCUT2D eigenvalue weighted by atomic mass is 19.2. The molecule has 2 aromatic carbocycles. The average molecular weight is 441 g/mol. The second-order valence-corrected chi connectivity index (χ2v) is 8.02. The van der Waals surface area contributed by atoms with Crippen LogP contribution in [-0.2, 0) is 0 Å². The van der Waals surface area contributed by atoms with Crippen LogP contribution in [0.15, 0.2) is 53.5 Å². The van der Waals surface area contributed by atoms with Gasteiger partial charge in [-0.3, -0.25) is 14.3 Å². The van der Waals surface area contributed by atoms with Crippen LogP contribution in [-0.4, -0.2) is 38.3 Å². The van der Waals surface area contributed by atoms with Gasteiger partial charge < -0.3 is 10.0 Å². The van der Waals surface area contributed by atoms with Gasteiger partial charge in [-0.15, -0.1) is 0 Å². The molecule has 164 valence electrons. The van der Waals surface area contributed by atoms with E-state index < -0.39 is 52.5 Å². The third-order valence-corrected chi connectivity index (χ3v) is 6.31. The van der Waals surface area contributed by atoms with Gasteiger partial charge in [0, 0.05) is 12.5 Å². The molecule has 5 rings (SSSR count). The van der Waals surface area contributed by atoms with E-state index in [-0.39, 0.29) is 16.8 Å². The molecule has 1 amide bonds. The quantitative estimate of drug-likeness (QED) is 0.677. The maximum Gasteiger partial charge on any atom is 0.276 e. The lowest BCUT2D eigenvalue weighted by Crippen LogP contribution is -2.51. The van der Waals surface area contributed by atoms with E-state index in [2.05, 4.69) is 5.10 Å². The first kappa shape index (κ1) is 20.3. The molecule has 1 fully saturated rings. The van der Waals surface area contributed by atoms with E-state index in [4.69, 9.17) is 0 Å². The monoisotopic (exact) mass is 441 g/mol. The maximum absolute atomic E-state index is 15.0. The molecule has 6 nitrogen and oxygen atoms in total. The van der Waals surface area contributed by atoms with Crippen LogP contribution in [0.25, 0.3) is 0 Å². The van der Waals surface area contributed by atoms with Gasteiger partial charge >= 0.3 is 0 Å². The molecule has 3 aromatic rings. The van der Waals surface area contributed by atoms with Crippen LogP contribution >= 0.6 is 0 Å². The van der Waals surface area contributed by atoms with E-state index in [1.165, 1.54) is 27.8 Å². The van der Waals surface area contributed by atoms with Gasteiger partial charge in [0.05, 0.1) is 18.3 Å². The van der Waals surface area contributed by atoms with Crippen molar-refractivity contribution >= 4 is 5.91 Å². The Hall–Kier alpha value is -3.62. The van der Waals surface area contributed by atoms with Crippen molar-refractivity contribution < 1.29 is 23.1 Å². The molecule has 3 heterocycles. The van der Waals surface area contributed by atoms with Crippen LogP contribution < -0.4 is 5.43 Å². The number of aromatic nitrogens is 2. The van der Waals surface area contributed by atoms with Crippen molar-refractivity contribution in [2.45, 2.75) is 30.8 Å². The Balaban J connectivity index is 1.81. The van der Waals surface area contributed by atoms with Crippen molar-refractivity contribution in [2.24, 2.45) is 0 Å². The van der Waals surface area contributed by atoms with Gasteiger partial charge in [0.1, 0.15) is 5.82 Å². The Kier molecular flexibility index (Phi) is 4.76. The number of halogens is 3. The number of hydrogen-bond donors (Lipinski definition) is 1. The normalized spacial score (nSPS) is 20.7. The highest BCUT2D eigenvalue weighted by molar-refractivity contribution is 5.96. The van der Waals surface area contributed by atoms with E-state index in [9.17, 15) is 23.5 Å². The minimum absolute atomic E-state index is 0.204. The van der Waals surface area contributed by atoms with Crippen molar-refractivity contribution in [3.63, 3.8) is 0 Å². The maximum atomic E-state index is 15.0. The fourth-order valence-electron chi connectivity index (χ4n) is 4.94. The van der Waals surface area contributed by atoms with E-state index >= 15 is 4.39 Å². The van der Waals surface area contributed by atoms with Gasteiger partial charge in [-0.25, -0.2) is 13.2 Å². The number of amides is 1. The summed E-state index contributed by atoms with van der Waals surface area (Å²) < 4.78 is 44.2. The van der Waals surface area contributed by atoms with Crippen LogP contribution in [0.4, 0.5) is 13.2 Å². The van der Waals surface area contributed by atoms with Crippen LogP contribution in [0.1, 0.15) is 46.4 Å². The molecule has 9 heteroatoms. The number of carbonyl (C=O) groups is 1. The summed E-state index contributed by atoms with van der Waals surface area (Å²) in [5.74, 6) is -4.84. The number of benzene rings is 2. The molecule has 32 heavy (non-hydrogen) atoms. The Morgan fingerprint density at radius 2 is 1.81 bits per heavy atom. The molecule has 2 aliphatic rings. The van der Waals surface area contributed by atoms with Gasteiger partial charge in [-0.2, -0.15) is 5.10 Å². The predicted octanol–water partition coefficient (Wildman–Crippen LogP) is 3.36. The average Bonchev–Trinajstić information content (AvgIpc) is 3.26. The van der Waals surface area contributed by atoms with E-state index in [1.54, 1.807) is 12.1 Å². The zero-order valence-corrected chi connectivity index (χ0v) is 16.7. The lowest BCUT2D eigenvalue weighted by molar-refractivity contribution is 0.0564. The van der Waals surface area contributed by atoms with Crippen LogP contribution in [0.3, 0.4) is 0 Å². The number of aromatic hydroxyl groups is 1. The van der Waals surface area contributed by atoms with E-state index in [0.29, 0.717) is 19.4 Å². The summed E-state index contributed by atoms with van der Waals surface area (Å²) in [6.45, 7) is 0.393. The Labute approximate surface area is 180 Å². The number of rotatable bonds is 3. The van der Waals surface area contributed by atoms with Gasteiger partial charge in [-0.05, 0) is 42.2 Å². The van der Waals surface area contributed by atoms with Gasteiger partial charge in [0.15, 0.2) is 23.1 Å². The van der Waals surface area contributed by atoms with Gasteiger partial charge in [-0.1, -0.05) is 24.3 Å². The summed E-state index contributed by atoms with van der Waals surface area (Å²) in [6.07, 6.45) is 2.13. The molecule has 1 saturated heterocycles. The highest BCUT2D eigenvalue weighted by Gasteiger charge is 2.48. The first-order valence-electron chi connectivity index (χ1n) is 10.2. The summed E-state index contributed by atoms with van der Waals surface area (Å²) >= 11 is 0. The number of carbonyl (C=O) groups excluding carboxylic acids is 1. The van der Waals surface area contributed by atoms with Crippen LogP contribution in [0.5, 0.6) is 5.75 Å². The molecule has 2 aliphatic heterocycles. The summed E-state index contributed by atoms with van der Waals surface area (Å²) in [4.78, 5) is 26.6. The summed E-state index contributed by atoms with van der Waals surface area (Å²) in [5, 5.41) is 14.5. The molecule has 0 spiro atoms. The van der Waals surface area contributed by atoms with Gasteiger partial charge in [0.2, 0.25) is 5.43 Å². The molecule has 1 aromatic heterocycles.